The SMILES string of the molecule is O=C(Cn1cc(Br)ccc1=O)Nc1nccnc1C(=O)O. The van der Waals surface area contributed by atoms with Crippen molar-refractivity contribution in [2.24, 2.45) is 0 Å². The zero-order valence-corrected chi connectivity index (χ0v) is 12.1. The highest BCUT2D eigenvalue weighted by Crippen LogP contribution is 2.08. The average Bonchev–Trinajstić information content (AvgIpc) is 2.43. The molecule has 9 heteroatoms. The molecule has 0 aliphatic heterocycles. The van der Waals surface area contributed by atoms with Crippen molar-refractivity contribution >= 4 is 33.6 Å². The number of aromatic carboxylic acids is 1. The van der Waals surface area contributed by atoms with Gasteiger partial charge >= 0.3 is 5.97 Å². The monoisotopic (exact) mass is 352 g/mol. The van der Waals surface area contributed by atoms with Gasteiger partial charge in [0.2, 0.25) is 5.91 Å². The van der Waals surface area contributed by atoms with E-state index in [1.807, 2.05) is 0 Å². The van der Waals surface area contributed by atoms with Gasteiger partial charge in [0, 0.05) is 29.1 Å². The first-order chi connectivity index (χ1) is 9.97. The Labute approximate surface area is 126 Å². The van der Waals surface area contributed by atoms with Crippen LogP contribution in [-0.4, -0.2) is 31.5 Å². The van der Waals surface area contributed by atoms with Crippen molar-refractivity contribution in [3.63, 3.8) is 0 Å². The van der Waals surface area contributed by atoms with Crippen LogP contribution in [0, 0.1) is 0 Å². The normalized spacial score (nSPS) is 10.1. The third-order valence-electron chi connectivity index (χ3n) is 2.42. The van der Waals surface area contributed by atoms with E-state index in [4.69, 9.17) is 5.11 Å². The number of nitrogens with one attached hydrogen (secondary N) is 1. The van der Waals surface area contributed by atoms with Crippen LogP contribution in [0.4, 0.5) is 5.82 Å². The molecular weight excluding hydrogens is 344 g/mol. The molecule has 1 amide bonds. The van der Waals surface area contributed by atoms with Gasteiger partial charge in [-0.1, -0.05) is 0 Å². The van der Waals surface area contributed by atoms with Gasteiger partial charge in [-0.3, -0.25) is 9.59 Å². The quantitative estimate of drug-likeness (QED) is 0.838. The number of amides is 1. The number of hydrogen-bond acceptors (Lipinski definition) is 5. The Balaban J connectivity index is 2.18. The Hall–Kier alpha value is -2.55. The number of pyridine rings is 1. The molecule has 0 radical (unpaired) electrons. The number of anilines is 1. The van der Waals surface area contributed by atoms with Gasteiger partial charge in [0.1, 0.15) is 6.54 Å². The van der Waals surface area contributed by atoms with Crippen molar-refractivity contribution in [3.05, 3.63) is 51.2 Å². The van der Waals surface area contributed by atoms with Gasteiger partial charge < -0.3 is 15.0 Å². The molecule has 2 rings (SSSR count). The molecule has 21 heavy (non-hydrogen) atoms. The second-order valence-corrected chi connectivity index (χ2v) is 4.84. The van der Waals surface area contributed by atoms with Gasteiger partial charge in [-0.15, -0.1) is 0 Å². The molecule has 108 valence electrons. The summed E-state index contributed by atoms with van der Waals surface area (Å²) < 4.78 is 1.82. The molecule has 2 aromatic heterocycles. The van der Waals surface area contributed by atoms with Gasteiger partial charge in [-0.05, 0) is 22.0 Å². The zero-order chi connectivity index (χ0) is 15.4. The van der Waals surface area contributed by atoms with Gasteiger partial charge in [0.15, 0.2) is 11.5 Å². The fraction of sp³-hybridized carbons (Fsp3) is 0.0833. The lowest BCUT2D eigenvalue weighted by atomic mass is 10.4. The first kappa shape index (κ1) is 14.9. The number of hydrogen-bond donors (Lipinski definition) is 2. The Morgan fingerprint density at radius 2 is 2.00 bits per heavy atom. The van der Waals surface area contributed by atoms with E-state index in [0.29, 0.717) is 4.47 Å². The number of nitrogens with zero attached hydrogens (tertiary/aromatic N) is 3. The second-order valence-electron chi connectivity index (χ2n) is 3.92. The minimum atomic E-state index is -1.31. The first-order valence-corrected chi connectivity index (χ1v) is 6.47. The number of carboxylic acids is 1. The molecule has 0 aliphatic rings. The maximum absolute atomic E-state index is 11.9. The lowest BCUT2D eigenvalue weighted by Crippen LogP contribution is -2.27. The summed E-state index contributed by atoms with van der Waals surface area (Å²) in [6, 6.07) is 2.87. The summed E-state index contributed by atoms with van der Waals surface area (Å²) in [6.07, 6.45) is 3.92. The van der Waals surface area contributed by atoms with Gasteiger partial charge in [-0.2, -0.15) is 0 Å². The van der Waals surface area contributed by atoms with Crippen LogP contribution in [-0.2, 0) is 11.3 Å². The summed E-state index contributed by atoms with van der Waals surface area (Å²) in [5.74, 6) is -2.06. The fourth-order valence-corrected chi connectivity index (χ4v) is 1.92. The van der Waals surface area contributed by atoms with E-state index in [1.54, 1.807) is 6.07 Å². The maximum Gasteiger partial charge on any atom is 0.358 e. The van der Waals surface area contributed by atoms with E-state index >= 15 is 0 Å². The van der Waals surface area contributed by atoms with E-state index in [2.05, 4.69) is 31.2 Å². The highest BCUT2D eigenvalue weighted by Gasteiger charge is 2.15. The number of carbonyl (C=O) groups excluding carboxylic acids is 1. The standard InChI is InChI=1S/C12H9BrN4O4/c13-7-1-2-9(19)17(5-7)6-8(18)16-11-10(12(20)21)14-3-4-15-11/h1-5H,6H2,(H,20,21)(H,15,16,18). The first-order valence-electron chi connectivity index (χ1n) is 5.67. The molecule has 0 aromatic carbocycles. The number of carboxylic acid groups (broad SMARTS) is 1. The predicted molar refractivity (Wildman–Crippen MR) is 76.0 cm³/mol. The second kappa shape index (κ2) is 6.27. The molecule has 2 N–H and O–H groups in total. The number of aromatic nitrogens is 3. The summed E-state index contributed by atoms with van der Waals surface area (Å²) in [7, 11) is 0. The van der Waals surface area contributed by atoms with Crippen molar-refractivity contribution < 1.29 is 14.7 Å². The zero-order valence-electron chi connectivity index (χ0n) is 10.5. The van der Waals surface area contributed by atoms with Gasteiger partial charge in [-0.25, -0.2) is 14.8 Å². The lowest BCUT2D eigenvalue weighted by molar-refractivity contribution is -0.116. The minimum absolute atomic E-state index is 0.168. The molecular formula is C12H9BrN4O4. The topological polar surface area (TPSA) is 114 Å². The molecule has 0 unspecified atom stereocenters. The lowest BCUT2D eigenvalue weighted by Gasteiger charge is -2.08. The van der Waals surface area contributed by atoms with Crippen LogP contribution in [0.25, 0.3) is 0 Å². The van der Waals surface area contributed by atoms with Crippen molar-refractivity contribution in [1.29, 1.82) is 0 Å². The molecule has 0 saturated carbocycles. The van der Waals surface area contributed by atoms with Crippen LogP contribution in [0.2, 0.25) is 0 Å². The smallest absolute Gasteiger partial charge is 0.358 e. The highest BCUT2D eigenvalue weighted by molar-refractivity contribution is 9.10. The number of carbonyl (C=O) groups is 2. The Bertz CT molecular complexity index is 759. The summed E-state index contributed by atoms with van der Waals surface area (Å²) in [6.45, 7) is -0.270. The van der Waals surface area contributed by atoms with E-state index in [1.165, 1.54) is 29.2 Å². The van der Waals surface area contributed by atoms with Crippen molar-refractivity contribution in [2.75, 3.05) is 5.32 Å². The molecule has 0 saturated heterocycles. The Morgan fingerprint density at radius 1 is 1.29 bits per heavy atom. The summed E-state index contributed by atoms with van der Waals surface area (Å²) in [5, 5.41) is 11.3. The van der Waals surface area contributed by atoms with Crippen molar-refractivity contribution in [2.45, 2.75) is 6.54 Å². The van der Waals surface area contributed by atoms with Crippen LogP contribution >= 0.6 is 15.9 Å². The van der Waals surface area contributed by atoms with Crippen molar-refractivity contribution in [3.8, 4) is 0 Å². The molecule has 0 spiro atoms. The summed E-state index contributed by atoms with van der Waals surface area (Å²) in [4.78, 5) is 41.8. The minimum Gasteiger partial charge on any atom is -0.476 e. The molecule has 8 nitrogen and oxygen atoms in total. The molecule has 0 atom stereocenters. The molecule has 2 aromatic rings. The van der Waals surface area contributed by atoms with E-state index in [-0.39, 0.29) is 23.6 Å². The van der Waals surface area contributed by atoms with Gasteiger partial charge in [0.25, 0.3) is 5.56 Å². The predicted octanol–water partition coefficient (Wildman–Crippen LogP) is 0.738. The third kappa shape index (κ3) is 3.72. The molecule has 0 bridgehead atoms. The summed E-state index contributed by atoms with van der Waals surface area (Å²) in [5.41, 5.74) is -0.724. The third-order valence-corrected chi connectivity index (χ3v) is 2.89. The van der Waals surface area contributed by atoms with Crippen LogP contribution in [0.15, 0.2) is 40.0 Å². The average molecular weight is 353 g/mol. The van der Waals surface area contributed by atoms with E-state index in [9.17, 15) is 14.4 Å². The van der Waals surface area contributed by atoms with Crippen LogP contribution in [0.3, 0.4) is 0 Å². The number of halogens is 1. The Morgan fingerprint density at radius 3 is 2.71 bits per heavy atom. The van der Waals surface area contributed by atoms with Crippen LogP contribution < -0.4 is 10.9 Å². The Kier molecular flexibility index (Phi) is 4.43. The fourth-order valence-electron chi connectivity index (χ4n) is 1.54. The highest BCUT2D eigenvalue weighted by atomic mass is 79.9. The molecule has 0 fully saturated rings. The number of rotatable bonds is 4. The van der Waals surface area contributed by atoms with Gasteiger partial charge in [0.05, 0.1) is 0 Å². The maximum atomic E-state index is 11.9. The van der Waals surface area contributed by atoms with E-state index < -0.39 is 11.9 Å². The summed E-state index contributed by atoms with van der Waals surface area (Å²) >= 11 is 3.19. The largest absolute Gasteiger partial charge is 0.476 e. The van der Waals surface area contributed by atoms with Crippen molar-refractivity contribution in [1.82, 2.24) is 14.5 Å². The van der Waals surface area contributed by atoms with Crippen LogP contribution in [0.1, 0.15) is 10.5 Å². The molecule has 0 aliphatic carbocycles. The molecule has 2 heterocycles. The van der Waals surface area contributed by atoms with E-state index in [0.717, 1.165) is 0 Å². The van der Waals surface area contributed by atoms with Crippen LogP contribution in [0.5, 0.6) is 0 Å².